The lowest BCUT2D eigenvalue weighted by atomic mass is 10.2. The molecule has 0 bridgehead atoms. The van der Waals surface area contributed by atoms with Gasteiger partial charge in [0.15, 0.2) is 6.10 Å². The Hall–Kier alpha value is -2.56. The predicted molar refractivity (Wildman–Crippen MR) is 90.6 cm³/mol. The number of carbonyl (C=O) groups is 1. The van der Waals surface area contributed by atoms with Crippen LogP contribution in [-0.4, -0.2) is 30.6 Å². The number of methoxy groups -OCH3 is 1. The molecule has 2 aromatic rings. The fourth-order valence-corrected chi connectivity index (χ4v) is 2.35. The molecule has 5 heteroatoms. The van der Waals surface area contributed by atoms with Crippen LogP contribution in [0.25, 0.3) is 0 Å². The van der Waals surface area contributed by atoms with Gasteiger partial charge in [-0.2, -0.15) is 0 Å². The smallest absolute Gasteiger partial charge is 0.263 e. The van der Waals surface area contributed by atoms with Crippen molar-refractivity contribution >= 4 is 5.91 Å². The highest BCUT2D eigenvalue weighted by molar-refractivity contribution is 5.80. The molecule has 2 rings (SSSR count). The van der Waals surface area contributed by atoms with Gasteiger partial charge in [0.1, 0.15) is 17.3 Å². The van der Waals surface area contributed by atoms with E-state index in [1.165, 1.54) is 12.1 Å². The van der Waals surface area contributed by atoms with Crippen LogP contribution in [0.4, 0.5) is 4.39 Å². The zero-order chi connectivity index (χ0) is 17.5. The number of carbonyl (C=O) groups excluding carboxylic acids is 1. The highest BCUT2D eigenvalue weighted by Gasteiger charge is 2.21. The first kappa shape index (κ1) is 17.8. The van der Waals surface area contributed by atoms with Crippen LogP contribution in [0.2, 0.25) is 0 Å². The first-order chi connectivity index (χ1) is 11.5. The van der Waals surface area contributed by atoms with E-state index < -0.39 is 11.9 Å². The fraction of sp³-hybridized carbons (Fsp3) is 0.316. The summed E-state index contributed by atoms with van der Waals surface area (Å²) in [6, 6.07) is 13.4. The molecule has 1 atom stereocenters. The van der Waals surface area contributed by atoms with Crippen molar-refractivity contribution < 1.29 is 18.7 Å². The number of nitrogens with zero attached hydrogens (tertiary/aromatic N) is 1. The number of hydrogen-bond acceptors (Lipinski definition) is 3. The van der Waals surface area contributed by atoms with Crippen molar-refractivity contribution in [3.05, 3.63) is 59.9 Å². The molecule has 0 heterocycles. The van der Waals surface area contributed by atoms with Crippen molar-refractivity contribution in [3.63, 3.8) is 0 Å². The van der Waals surface area contributed by atoms with Gasteiger partial charge in [-0.15, -0.1) is 0 Å². The SMILES string of the molecule is CCN(Cc1ccc(OC)cc1)C(=O)C(C)Oc1cccc(F)c1. The second-order valence-corrected chi connectivity index (χ2v) is 5.42. The minimum absolute atomic E-state index is 0.141. The first-order valence-corrected chi connectivity index (χ1v) is 7.87. The molecular formula is C19H22FNO3. The number of rotatable bonds is 7. The van der Waals surface area contributed by atoms with E-state index in [1.807, 2.05) is 31.2 Å². The van der Waals surface area contributed by atoms with Crippen LogP contribution in [-0.2, 0) is 11.3 Å². The van der Waals surface area contributed by atoms with Crippen molar-refractivity contribution in [1.29, 1.82) is 0 Å². The van der Waals surface area contributed by atoms with E-state index in [0.717, 1.165) is 11.3 Å². The normalized spacial score (nSPS) is 11.7. The molecule has 0 aliphatic carbocycles. The van der Waals surface area contributed by atoms with Crippen LogP contribution < -0.4 is 9.47 Å². The number of amides is 1. The van der Waals surface area contributed by atoms with Crippen molar-refractivity contribution in [2.24, 2.45) is 0 Å². The molecule has 0 aliphatic heterocycles. The maximum Gasteiger partial charge on any atom is 0.263 e. The average Bonchev–Trinajstić information content (AvgIpc) is 2.59. The average molecular weight is 331 g/mol. The van der Waals surface area contributed by atoms with Gasteiger partial charge in [0.2, 0.25) is 0 Å². The monoisotopic (exact) mass is 331 g/mol. The molecule has 24 heavy (non-hydrogen) atoms. The molecule has 1 amide bonds. The van der Waals surface area contributed by atoms with E-state index in [-0.39, 0.29) is 5.91 Å². The highest BCUT2D eigenvalue weighted by Crippen LogP contribution is 2.17. The Labute approximate surface area is 141 Å². The zero-order valence-electron chi connectivity index (χ0n) is 14.2. The van der Waals surface area contributed by atoms with Gasteiger partial charge in [-0.05, 0) is 43.7 Å². The van der Waals surface area contributed by atoms with Gasteiger partial charge in [0, 0.05) is 19.2 Å². The summed E-state index contributed by atoms with van der Waals surface area (Å²) in [5.41, 5.74) is 1.00. The van der Waals surface area contributed by atoms with E-state index in [9.17, 15) is 9.18 Å². The molecule has 0 saturated carbocycles. The number of ether oxygens (including phenoxy) is 2. The summed E-state index contributed by atoms with van der Waals surface area (Å²) >= 11 is 0. The number of likely N-dealkylation sites (N-methyl/N-ethyl adjacent to an activating group) is 1. The standard InChI is InChI=1S/C19H22FNO3/c1-4-21(13-15-8-10-17(23-3)11-9-15)19(22)14(2)24-18-7-5-6-16(20)12-18/h5-12,14H,4,13H2,1-3H3. The van der Waals surface area contributed by atoms with Crippen LogP contribution in [0.5, 0.6) is 11.5 Å². The van der Waals surface area contributed by atoms with E-state index in [1.54, 1.807) is 31.1 Å². The predicted octanol–water partition coefficient (Wildman–Crippen LogP) is 3.65. The van der Waals surface area contributed by atoms with Gasteiger partial charge in [0.05, 0.1) is 7.11 Å². The van der Waals surface area contributed by atoms with Crippen LogP contribution in [0.1, 0.15) is 19.4 Å². The molecule has 0 spiro atoms. The summed E-state index contributed by atoms with van der Waals surface area (Å²) < 4.78 is 23.9. The topological polar surface area (TPSA) is 38.8 Å². The summed E-state index contributed by atoms with van der Waals surface area (Å²) in [5, 5.41) is 0. The third kappa shape index (κ3) is 4.72. The minimum Gasteiger partial charge on any atom is -0.497 e. The molecule has 1 unspecified atom stereocenters. The lowest BCUT2D eigenvalue weighted by Gasteiger charge is -2.25. The molecule has 4 nitrogen and oxygen atoms in total. The molecule has 0 fully saturated rings. The van der Waals surface area contributed by atoms with Crippen LogP contribution in [0.3, 0.4) is 0 Å². The van der Waals surface area contributed by atoms with E-state index >= 15 is 0 Å². The minimum atomic E-state index is -0.690. The molecule has 0 aliphatic rings. The highest BCUT2D eigenvalue weighted by atomic mass is 19.1. The molecular weight excluding hydrogens is 309 g/mol. The van der Waals surface area contributed by atoms with Crippen LogP contribution in [0, 0.1) is 5.82 Å². The van der Waals surface area contributed by atoms with Crippen molar-refractivity contribution in [1.82, 2.24) is 4.90 Å². The molecule has 0 N–H and O–H groups in total. The Morgan fingerprint density at radius 1 is 1.17 bits per heavy atom. The Balaban J connectivity index is 2.01. The Kier molecular flexibility index (Phi) is 6.18. The third-order valence-corrected chi connectivity index (χ3v) is 3.68. The number of benzene rings is 2. The summed E-state index contributed by atoms with van der Waals surface area (Å²) in [5.74, 6) is 0.586. The van der Waals surface area contributed by atoms with Crippen molar-refractivity contribution in [3.8, 4) is 11.5 Å². The number of halogens is 1. The largest absolute Gasteiger partial charge is 0.497 e. The molecule has 128 valence electrons. The van der Waals surface area contributed by atoms with Gasteiger partial charge < -0.3 is 14.4 Å². The lowest BCUT2D eigenvalue weighted by molar-refractivity contribution is -0.138. The first-order valence-electron chi connectivity index (χ1n) is 7.87. The van der Waals surface area contributed by atoms with Crippen molar-refractivity contribution in [2.75, 3.05) is 13.7 Å². The zero-order valence-corrected chi connectivity index (χ0v) is 14.2. The van der Waals surface area contributed by atoms with Gasteiger partial charge in [0.25, 0.3) is 5.91 Å². The maximum atomic E-state index is 13.2. The van der Waals surface area contributed by atoms with Crippen LogP contribution in [0.15, 0.2) is 48.5 Å². The Morgan fingerprint density at radius 3 is 2.46 bits per heavy atom. The lowest BCUT2D eigenvalue weighted by Crippen LogP contribution is -2.40. The Bertz CT molecular complexity index is 673. The van der Waals surface area contributed by atoms with Gasteiger partial charge >= 0.3 is 0 Å². The third-order valence-electron chi connectivity index (χ3n) is 3.68. The molecule has 0 saturated heterocycles. The summed E-state index contributed by atoms with van der Waals surface area (Å²) in [4.78, 5) is 14.3. The number of hydrogen-bond donors (Lipinski definition) is 0. The van der Waals surface area contributed by atoms with Gasteiger partial charge in [-0.1, -0.05) is 18.2 Å². The van der Waals surface area contributed by atoms with Crippen LogP contribution >= 0.6 is 0 Å². The summed E-state index contributed by atoms with van der Waals surface area (Å²) in [6.07, 6.45) is -0.690. The molecule has 0 radical (unpaired) electrons. The summed E-state index contributed by atoms with van der Waals surface area (Å²) in [6.45, 7) is 4.62. The van der Waals surface area contributed by atoms with E-state index in [2.05, 4.69) is 0 Å². The fourth-order valence-electron chi connectivity index (χ4n) is 2.35. The second-order valence-electron chi connectivity index (χ2n) is 5.42. The Morgan fingerprint density at radius 2 is 1.88 bits per heavy atom. The van der Waals surface area contributed by atoms with E-state index in [4.69, 9.17) is 9.47 Å². The molecule has 2 aromatic carbocycles. The second kappa shape index (κ2) is 8.34. The quantitative estimate of drug-likeness (QED) is 0.777. The van der Waals surface area contributed by atoms with Crippen molar-refractivity contribution in [2.45, 2.75) is 26.5 Å². The maximum absolute atomic E-state index is 13.2. The summed E-state index contributed by atoms with van der Waals surface area (Å²) in [7, 11) is 1.61. The van der Waals surface area contributed by atoms with Gasteiger partial charge in [-0.25, -0.2) is 4.39 Å². The van der Waals surface area contributed by atoms with E-state index in [0.29, 0.717) is 18.8 Å². The van der Waals surface area contributed by atoms with Gasteiger partial charge in [-0.3, -0.25) is 4.79 Å². The molecule has 0 aromatic heterocycles.